The van der Waals surface area contributed by atoms with E-state index in [-0.39, 0.29) is 11.8 Å². The van der Waals surface area contributed by atoms with Crippen LogP contribution in [0.15, 0.2) is 47.1 Å². The molecule has 27 heavy (non-hydrogen) atoms. The van der Waals surface area contributed by atoms with Gasteiger partial charge in [-0.1, -0.05) is 12.1 Å². The quantitative estimate of drug-likeness (QED) is 0.474. The number of hydrogen-bond acceptors (Lipinski definition) is 5. The van der Waals surface area contributed by atoms with Gasteiger partial charge in [0, 0.05) is 10.8 Å². The third-order valence-electron chi connectivity index (χ3n) is 4.63. The molecule has 0 atom stereocenters. The number of rotatable bonds is 2. The van der Waals surface area contributed by atoms with Crippen molar-refractivity contribution < 1.29 is 14.6 Å². The standard InChI is InChI=1S/C20H13N3O3S/c24-18-17(22-20(27)23-18)8-14-7-12-5-11(2-4-16(12)21-14)10-1-3-15-13(6-10)9-26-19(15)25/h1-8,24H,9H2,(H2,22,23,27). The number of aromatic amines is 2. The summed E-state index contributed by atoms with van der Waals surface area (Å²) in [5.74, 6) is -0.276. The summed E-state index contributed by atoms with van der Waals surface area (Å²) in [4.78, 5) is 21.7. The van der Waals surface area contributed by atoms with Crippen LogP contribution < -0.4 is 10.6 Å². The Morgan fingerprint density at radius 3 is 2.78 bits per heavy atom. The lowest BCUT2D eigenvalue weighted by atomic mass is 10.00. The van der Waals surface area contributed by atoms with Gasteiger partial charge in [-0.15, -0.1) is 0 Å². The summed E-state index contributed by atoms with van der Waals surface area (Å²) in [6.07, 6.45) is 3.68. The first-order valence-electron chi connectivity index (χ1n) is 8.31. The number of carbonyl (C=O) groups excluding carboxylic acids is 1. The van der Waals surface area contributed by atoms with Crippen molar-refractivity contribution in [2.24, 2.45) is 4.99 Å². The predicted molar refractivity (Wildman–Crippen MR) is 102 cm³/mol. The number of H-pyrrole nitrogens is 2. The highest BCUT2D eigenvalue weighted by atomic mass is 32.1. The maximum absolute atomic E-state index is 11.6. The molecule has 0 saturated carbocycles. The molecule has 132 valence electrons. The van der Waals surface area contributed by atoms with Crippen molar-refractivity contribution in [3.8, 4) is 17.0 Å². The highest BCUT2D eigenvalue weighted by Gasteiger charge is 2.21. The van der Waals surface area contributed by atoms with Crippen LogP contribution in [0.4, 0.5) is 0 Å². The highest BCUT2D eigenvalue weighted by Crippen LogP contribution is 2.26. The van der Waals surface area contributed by atoms with E-state index in [1.807, 2.05) is 36.4 Å². The molecule has 6 nitrogen and oxygen atoms in total. The average molecular weight is 375 g/mol. The van der Waals surface area contributed by atoms with E-state index in [1.54, 1.807) is 6.08 Å². The molecule has 2 aromatic carbocycles. The van der Waals surface area contributed by atoms with E-state index in [0.29, 0.717) is 22.6 Å². The molecule has 0 radical (unpaired) electrons. The fourth-order valence-electron chi connectivity index (χ4n) is 3.31. The van der Waals surface area contributed by atoms with Gasteiger partial charge in [0.05, 0.1) is 16.6 Å². The molecule has 0 fully saturated rings. The fraction of sp³-hybridized carbons (Fsp3) is 0.0500. The molecule has 3 heterocycles. The minimum atomic E-state index is -0.264. The summed E-state index contributed by atoms with van der Waals surface area (Å²) < 4.78 is 5.43. The molecule has 3 N–H and O–H groups in total. The smallest absolute Gasteiger partial charge is 0.338 e. The van der Waals surface area contributed by atoms with Crippen LogP contribution >= 0.6 is 12.2 Å². The number of aromatic hydroxyl groups is 1. The molecular weight excluding hydrogens is 362 g/mol. The van der Waals surface area contributed by atoms with Crippen LogP contribution in [0.25, 0.3) is 23.3 Å². The molecule has 3 aromatic rings. The minimum Gasteiger partial charge on any atom is -0.493 e. The number of benzene rings is 2. The molecule has 2 aliphatic rings. The minimum absolute atomic E-state index is 0.0114. The van der Waals surface area contributed by atoms with Gasteiger partial charge >= 0.3 is 5.97 Å². The van der Waals surface area contributed by atoms with Crippen LogP contribution in [0.5, 0.6) is 5.88 Å². The van der Waals surface area contributed by atoms with Crippen molar-refractivity contribution in [3.63, 3.8) is 0 Å². The number of aromatic nitrogens is 2. The second-order valence-electron chi connectivity index (χ2n) is 6.39. The van der Waals surface area contributed by atoms with Gasteiger partial charge in [0.1, 0.15) is 12.3 Å². The van der Waals surface area contributed by atoms with E-state index < -0.39 is 0 Å². The zero-order valence-corrected chi connectivity index (χ0v) is 14.8. The van der Waals surface area contributed by atoms with Gasteiger partial charge < -0.3 is 19.8 Å². The summed E-state index contributed by atoms with van der Waals surface area (Å²) in [6.45, 7) is 0.322. The first-order chi connectivity index (χ1) is 13.1. The van der Waals surface area contributed by atoms with Crippen LogP contribution in [0.1, 0.15) is 21.6 Å². The Bertz CT molecular complexity index is 1330. The normalized spacial score (nSPS) is 15.9. The summed E-state index contributed by atoms with van der Waals surface area (Å²) in [6, 6.07) is 11.7. The number of nitrogens with one attached hydrogen (secondary N) is 2. The average Bonchev–Trinajstić information content (AvgIpc) is 3.31. The van der Waals surface area contributed by atoms with Crippen molar-refractivity contribution in [1.82, 2.24) is 9.97 Å². The van der Waals surface area contributed by atoms with Crippen molar-refractivity contribution in [2.45, 2.75) is 6.61 Å². The van der Waals surface area contributed by atoms with Crippen molar-refractivity contribution in [3.05, 3.63) is 74.3 Å². The zero-order valence-electron chi connectivity index (χ0n) is 13.9. The molecule has 1 aromatic heterocycles. The summed E-state index contributed by atoms with van der Waals surface area (Å²) in [5.41, 5.74) is 4.81. The number of esters is 1. The SMILES string of the molecule is O=C1OCc2cc(-c3ccc4c(c3)=CC(=Cc3[nH]c(=S)[nH]c3O)N=4)ccc21. The molecule has 7 heteroatoms. The van der Waals surface area contributed by atoms with Gasteiger partial charge in [0.25, 0.3) is 0 Å². The first-order valence-corrected chi connectivity index (χ1v) is 8.71. The van der Waals surface area contributed by atoms with E-state index in [2.05, 4.69) is 21.0 Å². The van der Waals surface area contributed by atoms with Gasteiger partial charge in [-0.2, -0.15) is 0 Å². The number of hydrogen-bond donors (Lipinski definition) is 3. The Balaban J connectivity index is 1.55. The number of imidazole rings is 1. The molecule has 0 spiro atoms. The van der Waals surface area contributed by atoms with Crippen LogP contribution in [-0.4, -0.2) is 21.0 Å². The number of nitrogens with zero attached hydrogens (tertiary/aromatic N) is 1. The Morgan fingerprint density at radius 1 is 1.15 bits per heavy atom. The molecule has 2 aliphatic heterocycles. The summed E-state index contributed by atoms with van der Waals surface area (Å²) >= 11 is 4.97. The number of fused-ring (bicyclic) bond motifs is 2. The van der Waals surface area contributed by atoms with E-state index in [9.17, 15) is 9.90 Å². The zero-order chi connectivity index (χ0) is 18.5. The second kappa shape index (κ2) is 5.78. The van der Waals surface area contributed by atoms with Gasteiger partial charge in [-0.05, 0) is 59.8 Å². The van der Waals surface area contributed by atoms with Crippen molar-refractivity contribution in [2.75, 3.05) is 0 Å². The lowest BCUT2D eigenvalue weighted by Crippen LogP contribution is -2.20. The lowest BCUT2D eigenvalue weighted by Gasteiger charge is -2.03. The molecule has 5 rings (SSSR count). The molecular formula is C20H13N3O3S. The lowest BCUT2D eigenvalue weighted by molar-refractivity contribution is 0.0535. The molecule has 0 amide bonds. The summed E-state index contributed by atoms with van der Waals surface area (Å²) in [5, 5.41) is 11.7. The third-order valence-corrected chi connectivity index (χ3v) is 4.83. The number of allylic oxidation sites excluding steroid dienone is 1. The maximum Gasteiger partial charge on any atom is 0.338 e. The Kier molecular flexibility index (Phi) is 3.38. The summed E-state index contributed by atoms with van der Waals surface area (Å²) in [7, 11) is 0. The van der Waals surface area contributed by atoms with Crippen LogP contribution in [0, 0.1) is 4.77 Å². The fourth-order valence-corrected chi connectivity index (χ4v) is 3.52. The van der Waals surface area contributed by atoms with Crippen molar-refractivity contribution in [1.29, 1.82) is 0 Å². The van der Waals surface area contributed by atoms with E-state index in [4.69, 9.17) is 17.0 Å². The topological polar surface area (TPSA) is 90.5 Å². The number of cyclic esters (lactones) is 1. The Hall–Kier alpha value is -3.45. The van der Waals surface area contributed by atoms with Gasteiger partial charge in [0.15, 0.2) is 4.77 Å². The maximum atomic E-state index is 11.6. The molecule has 0 unspecified atom stereocenters. The van der Waals surface area contributed by atoms with E-state index >= 15 is 0 Å². The van der Waals surface area contributed by atoms with E-state index in [0.717, 1.165) is 33.0 Å². The Morgan fingerprint density at radius 2 is 1.96 bits per heavy atom. The van der Waals surface area contributed by atoms with E-state index in [1.165, 1.54) is 0 Å². The first kappa shape index (κ1) is 15.8. The Labute approximate surface area is 158 Å². The molecule has 0 aliphatic carbocycles. The van der Waals surface area contributed by atoms with Crippen LogP contribution in [-0.2, 0) is 11.3 Å². The monoisotopic (exact) mass is 375 g/mol. The third kappa shape index (κ3) is 2.69. The molecule has 0 bridgehead atoms. The van der Waals surface area contributed by atoms with Gasteiger partial charge in [-0.25, -0.2) is 9.79 Å². The predicted octanol–water partition coefficient (Wildman–Crippen LogP) is 2.57. The molecule has 0 saturated heterocycles. The second-order valence-corrected chi connectivity index (χ2v) is 6.80. The van der Waals surface area contributed by atoms with Crippen LogP contribution in [0.3, 0.4) is 0 Å². The van der Waals surface area contributed by atoms with Crippen LogP contribution in [0.2, 0.25) is 0 Å². The van der Waals surface area contributed by atoms with Gasteiger partial charge in [0.2, 0.25) is 5.88 Å². The van der Waals surface area contributed by atoms with Gasteiger partial charge in [-0.3, -0.25) is 0 Å². The van der Waals surface area contributed by atoms with Crippen molar-refractivity contribution >= 4 is 30.3 Å². The number of carbonyl (C=O) groups is 1. The number of ether oxygens (including phenoxy) is 1. The largest absolute Gasteiger partial charge is 0.493 e. The highest BCUT2D eigenvalue weighted by molar-refractivity contribution is 7.71.